The molecule has 0 heterocycles. The van der Waals surface area contributed by atoms with Crippen LogP contribution in [0.1, 0.15) is 24.8 Å². The largest absolute Gasteiger partial charge is 0.481 e. The van der Waals surface area contributed by atoms with E-state index in [2.05, 4.69) is 5.32 Å². The van der Waals surface area contributed by atoms with Crippen LogP contribution in [0.4, 0.5) is 4.79 Å². The lowest BCUT2D eigenvalue weighted by Crippen LogP contribution is -2.28. The molecule has 0 radical (unpaired) electrons. The van der Waals surface area contributed by atoms with Gasteiger partial charge in [-0.1, -0.05) is 30.3 Å². The second kappa shape index (κ2) is 5.73. The van der Waals surface area contributed by atoms with Crippen LogP contribution < -0.4 is 5.32 Å². The summed E-state index contributed by atoms with van der Waals surface area (Å²) in [4.78, 5) is 22.3. The van der Waals surface area contributed by atoms with E-state index in [1.807, 2.05) is 30.3 Å². The number of rotatable bonds is 6. The van der Waals surface area contributed by atoms with Gasteiger partial charge in [0, 0.05) is 6.54 Å². The minimum atomic E-state index is -0.771. The molecule has 1 aliphatic rings. The van der Waals surface area contributed by atoms with Gasteiger partial charge in [-0.3, -0.25) is 4.79 Å². The van der Waals surface area contributed by atoms with Crippen molar-refractivity contribution in [3.63, 3.8) is 0 Å². The van der Waals surface area contributed by atoms with Crippen molar-refractivity contribution in [3.8, 4) is 0 Å². The van der Waals surface area contributed by atoms with Gasteiger partial charge < -0.3 is 15.2 Å². The Balaban J connectivity index is 1.64. The van der Waals surface area contributed by atoms with Gasteiger partial charge in [0.15, 0.2) is 0 Å². The van der Waals surface area contributed by atoms with Gasteiger partial charge in [-0.05, 0) is 24.8 Å². The van der Waals surface area contributed by atoms with Crippen molar-refractivity contribution in [2.75, 3.05) is 6.54 Å². The first-order chi connectivity index (χ1) is 9.12. The number of hydrogen-bond acceptors (Lipinski definition) is 3. The fraction of sp³-hybridized carbons (Fsp3) is 0.429. The fourth-order valence-corrected chi connectivity index (χ4v) is 1.90. The number of alkyl carbamates (subject to hydrolysis) is 1. The van der Waals surface area contributed by atoms with Gasteiger partial charge >= 0.3 is 12.1 Å². The van der Waals surface area contributed by atoms with Crippen LogP contribution in [-0.2, 0) is 16.1 Å². The summed E-state index contributed by atoms with van der Waals surface area (Å²) >= 11 is 0. The summed E-state index contributed by atoms with van der Waals surface area (Å²) in [6.45, 7) is 0.552. The summed E-state index contributed by atoms with van der Waals surface area (Å²) in [5.74, 6) is -0.771. The molecule has 2 rings (SSSR count). The molecular formula is C14H17NO4. The molecule has 0 unspecified atom stereocenters. The van der Waals surface area contributed by atoms with E-state index in [1.165, 1.54) is 0 Å². The molecule has 0 aliphatic heterocycles. The molecule has 1 aromatic carbocycles. The van der Waals surface area contributed by atoms with Crippen molar-refractivity contribution >= 4 is 12.1 Å². The van der Waals surface area contributed by atoms with Crippen molar-refractivity contribution in [1.82, 2.24) is 5.32 Å². The molecule has 1 amide bonds. The first-order valence-electron chi connectivity index (χ1n) is 6.30. The molecule has 0 spiro atoms. The van der Waals surface area contributed by atoms with Crippen LogP contribution in [0.5, 0.6) is 0 Å². The standard InChI is InChI=1S/C14H17NO4/c16-12(17)14(6-7-14)8-9-15-13(18)19-10-11-4-2-1-3-5-11/h1-5H,6-10H2,(H,15,18)(H,16,17). The lowest BCUT2D eigenvalue weighted by molar-refractivity contribution is -0.143. The first-order valence-corrected chi connectivity index (χ1v) is 6.30. The van der Waals surface area contributed by atoms with E-state index in [0.717, 1.165) is 5.56 Å². The number of carboxylic acids is 1. The zero-order valence-corrected chi connectivity index (χ0v) is 10.6. The molecule has 1 fully saturated rings. The Labute approximate surface area is 111 Å². The molecule has 19 heavy (non-hydrogen) atoms. The number of carbonyl (C=O) groups excluding carboxylic acids is 1. The zero-order chi connectivity index (χ0) is 13.7. The Bertz CT molecular complexity index is 454. The van der Waals surface area contributed by atoms with Crippen LogP contribution in [-0.4, -0.2) is 23.7 Å². The molecule has 0 atom stereocenters. The SMILES string of the molecule is O=C(NCCC1(C(=O)O)CC1)OCc1ccccc1. The molecule has 5 heteroatoms. The normalized spacial score (nSPS) is 15.6. The van der Waals surface area contributed by atoms with Crippen LogP contribution >= 0.6 is 0 Å². The number of nitrogens with one attached hydrogen (secondary N) is 1. The van der Waals surface area contributed by atoms with Crippen LogP contribution in [0.2, 0.25) is 0 Å². The Hall–Kier alpha value is -2.04. The number of aliphatic carboxylic acids is 1. The molecule has 0 aromatic heterocycles. The highest BCUT2D eigenvalue weighted by Crippen LogP contribution is 2.48. The van der Waals surface area contributed by atoms with E-state index >= 15 is 0 Å². The highest BCUT2D eigenvalue weighted by atomic mass is 16.5. The molecule has 102 valence electrons. The average Bonchev–Trinajstić information content (AvgIpc) is 3.19. The maximum absolute atomic E-state index is 11.4. The maximum atomic E-state index is 11.4. The smallest absolute Gasteiger partial charge is 0.407 e. The highest BCUT2D eigenvalue weighted by Gasteiger charge is 2.49. The van der Waals surface area contributed by atoms with E-state index in [9.17, 15) is 9.59 Å². The molecule has 1 saturated carbocycles. The Morgan fingerprint density at radius 1 is 1.26 bits per heavy atom. The molecule has 0 saturated heterocycles. The van der Waals surface area contributed by atoms with Crippen LogP contribution in [0.25, 0.3) is 0 Å². The number of hydrogen-bond donors (Lipinski definition) is 2. The van der Waals surface area contributed by atoms with Gasteiger partial charge in [-0.15, -0.1) is 0 Å². The van der Waals surface area contributed by atoms with E-state index in [1.54, 1.807) is 0 Å². The first kappa shape index (κ1) is 13.4. The minimum absolute atomic E-state index is 0.219. The lowest BCUT2D eigenvalue weighted by atomic mass is 10.0. The highest BCUT2D eigenvalue weighted by molar-refractivity contribution is 5.77. The Morgan fingerprint density at radius 3 is 2.53 bits per heavy atom. The van der Waals surface area contributed by atoms with E-state index in [-0.39, 0.29) is 6.61 Å². The topological polar surface area (TPSA) is 75.6 Å². The number of benzene rings is 1. The van der Waals surface area contributed by atoms with Gasteiger partial charge in [0.25, 0.3) is 0 Å². The monoisotopic (exact) mass is 263 g/mol. The van der Waals surface area contributed by atoms with Crippen LogP contribution in [0, 0.1) is 5.41 Å². The molecule has 5 nitrogen and oxygen atoms in total. The van der Waals surface area contributed by atoms with Gasteiger partial charge in [-0.25, -0.2) is 4.79 Å². The number of amides is 1. The van der Waals surface area contributed by atoms with Crippen molar-refractivity contribution < 1.29 is 19.4 Å². The Morgan fingerprint density at radius 2 is 1.95 bits per heavy atom. The second-order valence-electron chi connectivity index (χ2n) is 4.82. The predicted molar refractivity (Wildman–Crippen MR) is 68.5 cm³/mol. The number of carbonyl (C=O) groups is 2. The molecule has 1 aliphatic carbocycles. The lowest BCUT2D eigenvalue weighted by Gasteiger charge is -2.10. The Kier molecular flexibility index (Phi) is 4.04. The summed E-state index contributed by atoms with van der Waals surface area (Å²) < 4.78 is 5.03. The van der Waals surface area contributed by atoms with Gasteiger partial charge in [0.05, 0.1) is 5.41 Å². The van der Waals surface area contributed by atoms with Gasteiger partial charge in [0.2, 0.25) is 0 Å². The number of carboxylic acid groups (broad SMARTS) is 1. The molecule has 2 N–H and O–H groups in total. The summed E-state index contributed by atoms with van der Waals surface area (Å²) in [5, 5.41) is 11.6. The summed E-state index contributed by atoms with van der Waals surface area (Å²) in [7, 11) is 0. The third-order valence-corrected chi connectivity index (χ3v) is 3.39. The predicted octanol–water partition coefficient (Wildman–Crippen LogP) is 2.17. The van der Waals surface area contributed by atoms with Gasteiger partial charge in [0.1, 0.15) is 6.61 Å². The summed E-state index contributed by atoms with van der Waals surface area (Å²) in [5.41, 5.74) is 0.314. The molecule has 1 aromatic rings. The second-order valence-corrected chi connectivity index (χ2v) is 4.82. The third-order valence-electron chi connectivity index (χ3n) is 3.39. The maximum Gasteiger partial charge on any atom is 0.407 e. The van der Waals surface area contributed by atoms with E-state index < -0.39 is 17.5 Å². The number of ether oxygens (including phenoxy) is 1. The van der Waals surface area contributed by atoms with Crippen LogP contribution in [0.3, 0.4) is 0 Å². The quantitative estimate of drug-likeness (QED) is 0.824. The summed E-state index contributed by atoms with van der Waals surface area (Å²) in [6.07, 6.45) is 1.35. The van der Waals surface area contributed by atoms with E-state index in [4.69, 9.17) is 9.84 Å². The van der Waals surface area contributed by atoms with Crippen molar-refractivity contribution in [3.05, 3.63) is 35.9 Å². The zero-order valence-electron chi connectivity index (χ0n) is 10.6. The average molecular weight is 263 g/mol. The third kappa shape index (κ3) is 3.71. The molecular weight excluding hydrogens is 246 g/mol. The van der Waals surface area contributed by atoms with Crippen molar-refractivity contribution in [2.24, 2.45) is 5.41 Å². The minimum Gasteiger partial charge on any atom is -0.481 e. The van der Waals surface area contributed by atoms with Gasteiger partial charge in [-0.2, -0.15) is 0 Å². The fourth-order valence-electron chi connectivity index (χ4n) is 1.90. The van der Waals surface area contributed by atoms with Crippen molar-refractivity contribution in [2.45, 2.75) is 25.9 Å². The molecule has 0 bridgehead atoms. The van der Waals surface area contributed by atoms with E-state index in [0.29, 0.717) is 25.8 Å². The van der Waals surface area contributed by atoms with Crippen LogP contribution in [0.15, 0.2) is 30.3 Å². The van der Waals surface area contributed by atoms with Crippen molar-refractivity contribution in [1.29, 1.82) is 0 Å². The summed E-state index contributed by atoms with van der Waals surface area (Å²) in [6, 6.07) is 9.39.